The van der Waals surface area contributed by atoms with Gasteiger partial charge in [0.15, 0.2) is 5.82 Å². The highest BCUT2D eigenvalue weighted by atomic mass is 35.5. The second-order valence-corrected chi connectivity index (χ2v) is 7.48. The summed E-state index contributed by atoms with van der Waals surface area (Å²) in [6, 6.07) is 4.92. The van der Waals surface area contributed by atoms with Gasteiger partial charge in [-0.1, -0.05) is 11.6 Å². The molecule has 2 aromatic rings. The molecule has 1 aromatic carbocycles. The number of fused-ring (bicyclic) bond motifs is 1. The number of rotatable bonds is 4. The van der Waals surface area contributed by atoms with Crippen LogP contribution in [0.25, 0.3) is 10.8 Å². The van der Waals surface area contributed by atoms with Crippen LogP contribution in [-0.2, 0) is 11.3 Å². The lowest BCUT2D eigenvalue weighted by Gasteiger charge is -2.41. The number of hydrogen-bond acceptors (Lipinski definition) is 5. The van der Waals surface area contributed by atoms with Gasteiger partial charge in [0, 0.05) is 30.5 Å². The van der Waals surface area contributed by atoms with Crippen LogP contribution in [0.4, 0.5) is 5.82 Å². The van der Waals surface area contributed by atoms with Crippen LogP contribution < -0.4 is 15.8 Å². The van der Waals surface area contributed by atoms with Gasteiger partial charge in [-0.15, -0.1) is 0 Å². The minimum absolute atomic E-state index is 0.0641. The van der Waals surface area contributed by atoms with E-state index in [1.807, 2.05) is 14.1 Å². The molecule has 1 aliphatic rings. The Morgan fingerprint density at radius 2 is 2.12 bits per heavy atom. The number of hydrogen-bond donors (Lipinski definition) is 2. The molecular weight excluding hydrogens is 344 g/mol. The molecule has 1 aliphatic carbocycles. The number of nitrogens with one attached hydrogen (secondary N) is 1. The Bertz CT molecular complexity index is 883. The van der Waals surface area contributed by atoms with E-state index in [4.69, 9.17) is 11.6 Å². The average molecular weight is 365 g/mol. The SMILES string of the molecule is CN(C)c1nn(CC(=O)NC2CC(C)(O)C2)c(=O)c2ccc(Cl)cc12. The van der Waals surface area contributed by atoms with Crippen molar-refractivity contribution < 1.29 is 9.90 Å². The van der Waals surface area contributed by atoms with Gasteiger partial charge in [0.05, 0.1) is 11.0 Å². The summed E-state index contributed by atoms with van der Waals surface area (Å²) < 4.78 is 1.16. The Morgan fingerprint density at radius 1 is 1.44 bits per heavy atom. The van der Waals surface area contributed by atoms with Crippen molar-refractivity contribution >= 4 is 34.1 Å². The summed E-state index contributed by atoms with van der Waals surface area (Å²) >= 11 is 6.03. The molecule has 1 amide bonds. The highest BCUT2D eigenvalue weighted by Crippen LogP contribution is 2.31. The molecule has 8 heteroatoms. The van der Waals surface area contributed by atoms with Crippen molar-refractivity contribution in [1.82, 2.24) is 15.1 Å². The minimum atomic E-state index is -0.715. The first-order valence-electron chi connectivity index (χ1n) is 8.06. The van der Waals surface area contributed by atoms with Crippen molar-refractivity contribution in [1.29, 1.82) is 0 Å². The number of aliphatic hydroxyl groups is 1. The van der Waals surface area contributed by atoms with Crippen LogP contribution in [0.3, 0.4) is 0 Å². The van der Waals surface area contributed by atoms with Crippen LogP contribution in [0.1, 0.15) is 19.8 Å². The largest absolute Gasteiger partial charge is 0.390 e. The number of halogens is 1. The summed E-state index contributed by atoms with van der Waals surface area (Å²) in [5.74, 6) is 0.268. The van der Waals surface area contributed by atoms with Crippen LogP contribution in [0, 0.1) is 0 Å². The molecule has 1 aromatic heterocycles. The fourth-order valence-electron chi connectivity index (χ4n) is 3.19. The first-order valence-corrected chi connectivity index (χ1v) is 8.43. The van der Waals surface area contributed by atoms with Crippen molar-refractivity contribution in [2.45, 2.75) is 38.0 Å². The predicted octanol–water partition coefficient (Wildman–Crippen LogP) is 1.15. The van der Waals surface area contributed by atoms with E-state index in [2.05, 4.69) is 10.4 Å². The number of anilines is 1. The van der Waals surface area contributed by atoms with E-state index in [1.165, 1.54) is 0 Å². The predicted molar refractivity (Wildman–Crippen MR) is 97.1 cm³/mol. The molecular formula is C17H21ClN4O3. The summed E-state index contributed by atoms with van der Waals surface area (Å²) in [6.07, 6.45) is 1.03. The molecule has 1 heterocycles. The molecule has 1 saturated carbocycles. The highest BCUT2D eigenvalue weighted by molar-refractivity contribution is 6.31. The molecule has 2 N–H and O–H groups in total. The molecule has 0 saturated heterocycles. The van der Waals surface area contributed by atoms with Gasteiger partial charge in [0.25, 0.3) is 5.56 Å². The van der Waals surface area contributed by atoms with Crippen molar-refractivity contribution in [3.63, 3.8) is 0 Å². The molecule has 0 atom stereocenters. The molecule has 0 radical (unpaired) electrons. The maximum absolute atomic E-state index is 12.6. The Hall–Kier alpha value is -2.12. The quantitative estimate of drug-likeness (QED) is 0.849. The van der Waals surface area contributed by atoms with E-state index in [9.17, 15) is 14.7 Å². The molecule has 1 fully saturated rings. The van der Waals surface area contributed by atoms with Crippen molar-refractivity contribution in [2.24, 2.45) is 0 Å². The van der Waals surface area contributed by atoms with E-state index in [1.54, 1.807) is 30.0 Å². The topological polar surface area (TPSA) is 87.5 Å². The standard InChI is InChI=1S/C17H21ClN4O3/c1-17(25)7-11(8-17)19-14(23)9-22-16(24)12-5-4-10(18)6-13(12)15(20-22)21(2)3/h4-6,11,25H,7-9H2,1-3H3,(H,19,23). The lowest BCUT2D eigenvalue weighted by atomic mass is 9.77. The lowest BCUT2D eigenvalue weighted by molar-refractivity contribution is -0.125. The zero-order valence-corrected chi connectivity index (χ0v) is 15.2. The van der Waals surface area contributed by atoms with Crippen molar-refractivity contribution in [3.05, 3.63) is 33.6 Å². The van der Waals surface area contributed by atoms with Gasteiger partial charge in [0.1, 0.15) is 6.54 Å². The van der Waals surface area contributed by atoms with Crippen LogP contribution in [0.5, 0.6) is 0 Å². The Labute approximate surface area is 150 Å². The van der Waals surface area contributed by atoms with E-state index in [0.717, 1.165) is 4.68 Å². The van der Waals surface area contributed by atoms with E-state index >= 15 is 0 Å². The first-order chi connectivity index (χ1) is 11.7. The fraction of sp³-hybridized carbons (Fsp3) is 0.471. The van der Waals surface area contributed by atoms with Gasteiger partial charge in [0.2, 0.25) is 5.91 Å². The number of carbonyl (C=O) groups excluding carboxylic acids is 1. The second kappa shape index (κ2) is 6.31. The van der Waals surface area contributed by atoms with Gasteiger partial charge in [-0.05, 0) is 38.0 Å². The van der Waals surface area contributed by atoms with Crippen molar-refractivity contribution in [2.75, 3.05) is 19.0 Å². The zero-order chi connectivity index (χ0) is 18.4. The van der Waals surface area contributed by atoms with E-state index in [0.29, 0.717) is 34.5 Å². The van der Waals surface area contributed by atoms with Crippen LogP contribution >= 0.6 is 11.6 Å². The lowest BCUT2D eigenvalue weighted by Crippen LogP contribution is -2.54. The monoisotopic (exact) mass is 364 g/mol. The smallest absolute Gasteiger partial charge is 0.275 e. The third kappa shape index (κ3) is 3.62. The Balaban J connectivity index is 1.89. The summed E-state index contributed by atoms with van der Waals surface area (Å²) in [7, 11) is 3.63. The third-order valence-electron chi connectivity index (χ3n) is 4.36. The molecule has 134 valence electrons. The highest BCUT2D eigenvalue weighted by Gasteiger charge is 2.39. The second-order valence-electron chi connectivity index (χ2n) is 7.04. The fourth-order valence-corrected chi connectivity index (χ4v) is 3.36. The summed E-state index contributed by atoms with van der Waals surface area (Å²) in [5.41, 5.74) is -1.05. The van der Waals surface area contributed by atoms with Gasteiger partial charge in [-0.3, -0.25) is 9.59 Å². The molecule has 7 nitrogen and oxygen atoms in total. The Kier molecular flexibility index (Phi) is 4.47. The molecule has 3 rings (SSSR count). The number of benzene rings is 1. The van der Waals surface area contributed by atoms with Crippen molar-refractivity contribution in [3.8, 4) is 0 Å². The van der Waals surface area contributed by atoms with E-state index < -0.39 is 5.60 Å². The van der Waals surface area contributed by atoms with Gasteiger partial charge >= 0.3 is 0 Å². The Morgan fingerprint density at radius 3 is 2.72 bits per heavy atom. The van der Waals surface area contributed by atoms with Gasteiger partial charge < -0.3 is 15.3 Å². The minimum Gasteiger partial charge on any atom is -0.390 e. The van der Waals surface area contributed by atoms with Crippen LogP contribution in [0.2, 0.25) is 5.02 Å². The van der Waals surface area contributed by atoms with E-state index in [-0.39, 0.29) is 24.1 Å². The molecule has 0 unspecified atom stereocenters. The summed E-state index contributed by atoms with van der Waals surface area (Å²) in [5, 5.41) is 18.5. The maximum atomic E-state index is 12.6. The number of aromatic nitrogens is 2. The third-order valence-corrected chi connectivity index (χ3v) is 4.59. The number of carbonyl (C=O) groups is 1. The summed E-state index contributed by atoms with van der Waals surface area (Å²) in [6.45, 7) is 1.57. The number of amides is 1. The molecule has 0 aliphatic heterocycles. The molecule has 0 spiro atoms. The van der Waals surface area contributed by atoms with Gasteiger partial charge in [-0.2, -0.15) is 5.10 Å². The number of nitrogens with zero attached hydrogens (tertiary/aromatic N) is 3. The normalized spacial score (nSPS) is 22.5. The maximum Gasteiger partial charge on any atom is 0.275 e. The average Bonchev–Trinajstić information content (AvgIpc) is 2.47. The van der Waals surface area contributed by atoms with Crippen LogP contribution in [0.15, 0.2) is 23.0 Å². The zero-order valence-electron chi connectivity index (χ0n) is 14.4. The summed E-state index contributed by atoms with van der Waals surface area (Å²) in [4.78, 5) is 26.6. The molecule has 25 heavy (non-hydrogen) atoms. The first kappa shape index (κ1) is 17.7. The molecule has 0 bridgehead atoms. The van der Waals surface area contributed by atoms with Gasteiger partial charge in [-0.25, -0.2) is 4.68 Å². The van der Waals surface area contributed by atoms with Crippen LogP contribution in [-0.4, -0.2) is 46.5 Å².